The van der Waals surface area contributed by atoms with E-state index in [1.807, 2.05) is 0 Å². The first kappa shape index (κ1) is 18.1. The molecule has 4 unspecified atom stereocenters. The molecule has 0 aliphatic carbocycles. The highest BCUT2D eigenvalue weighted by atomic mass is 32.1. The fraction of sp³-hybridized carbons (Fsp3) is 0.818. The van der Waals surface area contributed by atoms with E-state index in [2.05, 4.69) is 23.3 Å². The van der Waals surface area contributed by atoms with Gasteiger partial charge in [-0.2, -0.15) is 12.6 Å². The van der Waals surface area contributed by atoms with Crippen LogP contribution >= 0.6 is 12.6 Å². The average molecular weight is 324 g/mol. The van der Waals surface area contributed by atoms with Gasteiger partial charge in [0.2, 0.25) is 11.8 Å². The van der Waals surface area contributed by atoms with Crippen LogP contribution in [0.15, 0.2) is 0 Å². The Morgan fingerprint density at radius 2 is 1.90 bits per heavy atom. The SMILES string of the molecule is CC(=O)NC(CS)C(=O)NC1C(O)OC(CO)[C@@H](O)[C@@H]1O. The zero-order chi connectivity index (χ0) is 16.2. The van der Waals surface area contributed by atoms with Crippen LogP contribution in [0.3, 0.4) is 0 Å². The Labute approximate surface area is 126 Å². The lowest BCUT2D eigenvalue weighted by atomic mass is 9.97. The number of aliphatic hydroxyl groups is 4. The second-order valence-electron chi connectivity index (χ2n) is 4.70. The van der Waals surface area contributed by atoms with E-state index >= 15 is 0 Å². The van der Waals surface area contributed by atoms with Gasteiger partial charge in [-0.05, 0) is 0 Å². The summed E-state index contributed by atoms with van der Waals surface area (Å²) in [7, 11) is 0. The van der Waals surface area contributed by atoms with E-state index in [4.69, 9.17) is 9.84 Å². The molecule has 6 N–H and O–H groups in total. The molecule has 10 heteroatoms. The highest BCUT2D eigenvalue weighted by Crippen LogP contribution is 2.19. The summed E-state index contributed by atoms with van der Waals surface area (Å²) >= 11 is 3.93. The standard InChI is InChI=1S/C11H20N2O7S/c1-4(15)12-5(3-21)10(18)13-7-9(17)8(16)6(2-14)20-11(7)19/h5-9,11,14,16-17,19,21H,2-3H2,1H3,(H,12,15)(H,13,18)/t5?,6?,7?,8-,9-,11?/m1/s1. The molecule has 1 heterocycles. The van der Waals surface area contributed by atoms with E-state index in [1.54, 1.807) is 0 Å². The average Bonchev–Trinajstić information content (AvgIpc) is 2.44. The first-order valence-corrected chi connectivity index (χ1v) is 6.94. The lowest BCUT2D eigenvalue weighted by molar-refractivity contribution is -0.253. The van der Waals surface area contributed by atoms with Crippen LogP contribution in [0.25, 0.3) is 0 Å². The third-order valence-corrected chi connectivity index (χ3v) is 3.45. The second-order valence-corrected chi connectivity index (χ2v) is 5.06. The number of nitrogens with one attached hydrogen (secondary N) is 2. The van der Waals surface area contributed by atoms with E-state index in [0.29, 0.717) is 0 Å². The Bertz CT molecular complexity index is 384. The van der Waals surface area contributed by atoms with E-state index in [-0.39, 0.29) is 5.75 Å². The van der Waals surface area contributed by atoms with Crippen molar-refractivity contribution in [1.82, 2.24) is 10.6 Å². The lowest BCUT2D eigenvalue weighted by Crippen LogP contribution is -2.65. The van der Waals surface area contributed by atoms with Crippen molar-refractivity contribution in [2.24, 2.45) is 0 Å². The molecular weight excluding hydrogens is 304 g/mol. The van der Waals surface area contributed by atoms with Crippen LogP contribution < -0.4 is 10.6 Å². The predicted molar refractivity (Wildman–Crippen MR) is 73.4 cm³/mol. The molecule has 6 atom stereocenters. The van der Waals surface area contributed by atoms with Crippen LogP contribution in [0.4, 0.5) is 0 Å². The maximum Gasteiger partial charge on any atom is 0.243 e. The van der Waals surface area contributed by atoms with E-state index in [0.717, 1.165) is 0 Å². The Kier molecular flexibility index (Phi) is 6.84. The molecule has 0 saturated carbocycles. The van der Waals surface area contributed by atoms with Crippen molar-refractivity contribution in [3.05, 3.63) is 0 Å². The van der Waals surface area contributed by atoms with Crippen molar-refractivity contribution in [2.45, 2.75) is 43.6 Å². The fourth-order valence-corrected chi connectivity index (χ4v) is 2.21. The second kappa shape index (κ2) is 7.92. The summed E-state index contributed by atoms with van der Waals surface area (Å²) in [5, 5.41) is 42.9. The number of thiol groups is 1. The molecule has 21 heavy (non-hydrogen) atoms. The van der Waals surface area contributed by atoms with Gasteiger partial charge in [0.05, 0.1) is 6.61 Å². The van der Waals surface area contributed by atoms with Crippen LogP contribution in [0.2, 0.25) is 0 Å². The molecule has 2 amide bonds. The minimum Gasteiger partial charge on any atom is -0.394 e. The molecule has 0 aromatic rings. The molecule has 0 bridgehead atoms. The number of carbonyl (C=O) groups excluding carboxylic acids is 2. The van der Waals surface area contributed by atoms with Crippen molar-refractivity contribution < 1.29 is 34.8 Å². The predicted octanol–water partition coefficient (Wildman–Crippen LogP) is -3.66. The highest BCUT2D eigenvalue weighted by Gasteiger charge is 2.44. The fourth-order valence-electron chi connectivity index (χ4n) is 1.96. The van der Waals surface area contributed by atoms with Crippen LogP contribution in [0.5, 0.6) is 0 Å². The monoisotopic (exact) mass is 324 g/mol. The van der Waals surface area contributed by atoms with Crippen molar-refractivity contribution in [3.63, 3.8) is 0 Å². The van der Waals surface area contributed by atoms with Gasteiger partial charge < -0.3 is 35.8 Å². The van der Waals surface area contributed by atoms with Crippen molar-refractivity contribution in [3.8, 4) is 0 Å². The van der Waals surface area contributed by atoms with Crippen LogP contribution in [0, 0.1) is 0 Å². The van der Waals surface area contributed by atoms with E-state index < -0.39 is 55.1 Å². The quantitative estimate of drug-likeness (QED) is 0.258. The number of hydrogen-bond acceptors (Lipinski definition) is 8. The molecule has 9 nitrogen and oxygen atoms in total. The molecule has 1 aliphatic heterocycles. The molecule has 0 aromatic carbocycles. The first-order chi connectivity index (χ1) is 9.81. The van der Waals surface area contributed by atoms with Gasteiger partial charge in [0, 0.05) is 12.7 Å². The summed E-state index contributed by atoms with van der Waals surface area (Å²) in [5.41, 5.74) is 0. The van der Waals surface area contributed by atoms with E-state index in [1.165, 1.54) is 6.92 Å². The molecule has 0 spiro atoms. The number of hydrogen-bond donors (Lipinski definition) is 7. The van der Waals surface area contributed by atoms with Gasteiger partial charge in [0.1, 0.15) is 30.4 Å². The normalized spacial score (nSPS) is 34.1. The molecule has 1 rings (SSSR count). The van der Waals surface area contributed by atoms with Gasteiger partial charge in [-0.1, -0.05) is 0 Å². The van der Waals surface area contributed by atoms with Crippen molar-refractivity contribution in [2.75, 3.05) is 12.4 Å². The summed E-state index contributed by atoms with van der Waals surface area (Å²) in [4.78, 5) is 22.9. The Hall–Kier alpha value is -0.910. The van der Waals surface area contributed by atoms with Crippen molar-refractivity contribution in [1.29, 1.82) is 0 Å². The zero-order valence-electron chi connectivity index (χ0n) is 11.3. The minimum absolute atomic E-state index is 0.00694. The molecule has 1 saturated heterocycles. The summed E-state index contributed by atoms with van der Waals surface area (Å²) in [6, 6.07) is -2.26. The van der Waals surface area contributed by atoms with Gasteiger partial charge >= 0.3 is 0 Å². The Balaban J connectivity index is 2.72. The minimum atomic E-state index is -1.61. The number of rotatable bonds is 5. The number of ether oxygens (including phenoxy) is 1. The number of amides is 2. The highest BCUT2D eigenvalue weighted by molar-refractivity contribution is 7.80. The maximum absolute atomic E-state index is 11.9. The van der Waals surface area contributed by atoms with E-state index in [9.17, 15) is 24.9 Å². The molecule has 1 aliphatic rings. The summed E-state index contributed by atoms with van der Waals surface area (Å²) in [6.07, 6.45) is -5.77. The maximum atomic E-state index is 11.9. The first-order valence-electron chi connectivity index (χ1n) is 6.30. The number of carbonyl (C=O) groups is 2. The van der Waals surface area contributed by atoms with Crippen LogP contribution in [0.1, 0.15) is 6.92 Å². The zero-order valence-corrected chi connectivity index (χ0v) is 12.2. The Morgan fingerprint density at radius 1 is 1.29 bits per heavy atom. The van der Waals surface area contributed by atoms with Crippen molar-refractivity contribution >= 4 is 24.4 Å². The molecule has 122 valence electrons. The van der Waals surface area contributed by atoms with Gasteiger partial charge in [-0.15, -0.1) is 0 Å². The Morgan fingerprint density at radius 3 is 2.38 bits per heavy atom. The largest absolute Gasteiger partial charge is 0.394 e. The molecular formula is C11H20N2O7S. The molecule has 0 aromatic heterocycles. The molecule has 1 fully saturated rings. The smallest absolute Gasteiger partial charge is 0.243 e. The summed E-state index contributed by atoms with van der Waals surface area (Å²) in [5.74, 6) is -1.13. The topological polar surface area (TPSA) is 148 Å². The lowest BCUT2D eigenvalue weighted by Gasteiger charge is -2.40. The summed E-state index contributed by atoms with van der Waals surface area (Å²) in [6.45, 7) is 0.633. The molecule has 0 radical (unpaired) electrons. The van der Waals surface area contributed by atoms with Crippen LogP contribution in [-0.4, -0.2) is 81.3 Å². The van der Waals surface area contributed by atoms with Crippen LogP contribution in [-0.2, 0) is 14.3 Å². The van der Waals surface area contributed by atoms with Gasteiger partial charge in [0.25, 0.3) is 0 Å². The van der Waals surface area contributed by atoms with Gasteiger partial charge in [-0.3, -0.25) is 9.59 Å². The summed E-state index contributed by atoms with van der Waals surface area (Å²) < 4.78 is 4.90. The third-order valence-electron chi connectivity index (χ3n) is 3.09. The van der Waals surface area contributed by atoms with Gasteiger partial charge in [0.15, 0.2) is 6.29 Å². The van der Waals surface area contributed by atoms with Gasteiger partial charge in [-0.25, -0.2) is 0 Å². The third kappa shape index (κ3) is 4.53. The number of aliphatic hydroxyl groups excluding tert-OH is 4.